The Hall–Kier alpha value is -0.800. The van der Waals surface area contributed by atoms with Crippen LogP contribution in [-0.4, -0.2) is 19.8 Å². The van der Waals surface area contributed by atoms with Crippen LogP contribution in [0.5, 0.6) is 0 Å². The highest BCUT2D eigenvalue weighted by molar-refractivity contribution is 5.09. The molecule has 0 aliphatic heterocycles. The number of rotatable bonds is 6. The molecule has 0 aliphatic carbocycles. The molecule has 3 nitrogen and oxygen atoms in total. The summed E-state index contributed by atoms with van der Waals surface area (Å²) >= 11 is 0. The Labute approximate surface area is 91.8 Å². The molecule has 0 aromatic carbocycles. The van der Waals surface area contributed by atoms with Crippen LogP contribution in [0.4, 0.5) is 0 Å². The van der Waals surface area contributed by atoms with Crippen molar-refractivity contribution in [1.82, 2.24) is 5.32 Å². The summed E-state index contributed by atoms with van der Waals surface area (Å²) in [4.78, 5) is 0. The Morgan fingerprint density at radius 1 is 1.47 bits per heavy atom. The molecule has 2 unspecified atom stereocenters. The average molecular weight is 211 g/mol. The van der Waals surface area contributed by atoms with Crippen molar-refractivity contribution in [3.8, 4) is 0 Å². The Morgan fingerprint density at radius 2 is 2.20 bits per heavy atom. The van der Waals surface area contributed by atoms with Crippen molar-refractivity contribution >= 4 is 0 Å². The zero-order chi connectivity index (χ0) is 11.3. The first kappa shape index (κ1) is 12.3. The van der Waals surface area contributed by atoms with Gasteiger partial charge in [-0.15, -0.1) is 0 Å². The van der Waals surface area contributed by atoms with Crippen LogP contribution in [0.15, 0.2) is 16.5 Å². The van der Waals surface area contributed by atoms with Gasteiger partial charge in [0.1, 0.15) is 11.5 Å². The van der Waals surface area contributed by atoms with Gasteiger partial charge in [-0.25, -0.2) is 0 Å². The first-order valence-corrected chi connectivity index (χ1v) is 5.48. The molecule has 1 aromatic rings. The van der Waals surface area contributed by atoms with E-state index in [9.17, 15) is 0 Å². The average Bonchev–Trinajstić information content (AvgIpc) is 2.64. The van der Waals surface area contributed by atoms with Crippen LogP contribution < -0.4 is 5.32 Å². The summed E-state index contributed by atoms with van der Waals surface area (Å²) in [6, 6.07) is 4.63. The molecule has 0 saturated carbocycles. The van der Waals surface area contributed by atoms with Gasteiger partial charge in [-0.1, -0.05) is 6.92 Å². The molecular formula is C12H21NO2. The van der Waals surface area contributed by atoms with Gasteiger partial charge in [-0.05, 0) is 32.4 Å². The fourth-order valence-corrected chi connectivity index (χ4v) is 1.61. The zero-order valence-electron chi connectivity index (χ0n) is 10.0. The number of ether oxygens (including phenoxy) is 1. The number of aryl methyl sites for hydroxylation is 1. The van der Waals surface area contributed by atoms with Gasteiger partial charge in [-0.3, -0.25) is 0 Å². The molecule has 86 valence electrons. The van der Waals surface area contributed by atoms with Crippen LogP contribution in [0, 0.1) is 6.92 Å². The topological polar surface area (TPSA) is 34.4 Å². The van der Waals surface area contributed by atoms with Crippen molar-refractivity contribution in [1.29, 1.82) is 0 Å². The predicted molar refractivity (Wildman–Crippen MR) is 61.0 cm³/mol. The second-order valence-corrected chi connectivity index (χ2v) is 3.90. The minimum atomic E-state index is 0.235. The summed E-state index contributed by atoms with van der Waals surface area (Å²) < 4.78 is 10.7. The molecule has 0 aliphatic rings. The monoisotopic (exact) mass is 211 g/mol. The smallest absolute Gasteiger partial charge is 0.120 e. The number of methoxy groups -OCH3 is 1. The van der Waals surface area contributed by atoms with Crippen molar-refractivity contribution in [3.05, 3.63) is 23.7 Å². The van der Waals surface area contributed by atoms with Crippen LogP contribution in [0.2, 0.25) is 0 Å². The molecule has 0 bridgehead atoms. The molecule has 0 saturated heterocycles. The number of hydrogen-bond donors (Lipinski definition) is 1. The van der Waals surface area contributed by atoms with Crippen LogP contribution >= 0.6 is 0 Å². The summed E-state index contributed by atoms with van der Waals surface area (Å²) in [5, 5.41) is 3.48. The van der Waals surface area contributed by atoms with E-state index in [1.807, 2.05) is 19.1 Å². The Kier molecular flexibility index (Phi) is 4.85. The second-order valence-electron chi connectivity index (χ2n) is 3.90. The minimum absolute atomic E-state index is 0.235. The maximum Gasteiger partial charge on any atom is 0.120 e. The normalized spacial score (nSPS) is 15.2. The Morgan fingerprint density at radius 3 is 2.67 bits per heavy atom. The molecule has 0 fully saturated rings. The lowest BCUT2D eigenvalue weighted by molar-refractivity contribution is 0.157. The highest BCUT2D eigenvalue weighted by Gasteiger charge is 2.13. The van der Waals surface area contributed by atoms with Crippen LogP contribution in [-0.2, 0) is 4.74 Å². The highest BCUT2D eigenvalue weighted by Crippen LogP contribution is 2.16. The van der Waals surface area contributed by atoms with E-state index in [0.717, 1.165) is 24.5 Å². The number of hydrogen-bond acceptors (Lipinski definition) is 3. The predicted octanol–water partition coefficient (Wildman–Crippen LogP) is 2.66. The molecule has 1 heterocycles. The summed E-state index contributed by atoms with van der Waals surface area (Å²) in [6.45, 7) is 6.95. The Balaban J connectivity index is 2.50. The zero-order valence-corrected chi connectivity index (χ0v) is 10.0. The fraction of sp³-hybridized carbons (Fsp3) is 0.667. The molecule has 1 N–H and O–H groups in total. The van der Waals surface area contributed by atoms with Crippen molar-refractivity contribution in [2.45, 2.75) is 39.3 Å². The second kappa shape index (κ2) is 5.93. The molecule has 0 radical (unpaired) electrons. The number of nitrogens with one attached hydrogen (secondary N) is 1. The quantitative estimate of drug-likeness (QED) is 0.785. The van der Waals surface area contributed by atoms with Gasteiger partial charge < -0.3 is 14.5 Å². The van der Waals surface area contributed by atoms with E-state index < -0.39 is 0 Å². The van der Waals surface area contributed by atoms with E-state index in [4.69, 9.17) is 9.15 Å². The van der Waals surface area contributed by atoms with E-state index >= 15 is 0 Å². The third kappa shape index (κ3) is 3.68. The van der Waals surface area contributed by atoms with E-state index in [1.54, 1.807) is 7.11 Å². The lowest BCUT2D eigenvalue weighted by atomic mass is 10.2. The van der Waals surface area contributed by atoms with Gasteiger partial charge in [0.15, 0.2) is 0 Å². The molecular weight excluding hydrogens is 190 g/mol. The van der Waals surface area contributed by atoms with Crippen LogP contribution in [0.3, 0.4) is 0 Å². The van der Waals surface area contributed by atoms with Crippen LogP contribution in [0.1, 0.15) is 37.8 Å². The molecule has 1 rings (SSSR count). The lowest BCUT2D eigenvalue weighted by Gasteiger charge is -2.20. The maximum absolute atomic E-state index is 5.57. The highest BCUT2D eigenvalue weighted by atomic mass is 16.5. The van der Waals surface area contributed by atoms with Crippen molar-refractivity contribution in [2.75, 3.05) is 13.7 Å². The third-order valence-electron chi connectivity index (χ3n) is 2.53. The summed E-state index contributed by atoms with van der Waals surface area (Å²) in [5.74, 6) is 1.94. The molecule has 0 amide bonds. The summed E-state index contributed by atoms with van der Waals surface area (Å²) in [7, 11) is 1.73. The van der Waals surface area contributed by atoms with Gasteiger partial charge in [0.2, 0.25) is 0 Å². The van der Waals surface area contributed by atoms with E-state index in [1.165, 1.54) is 0 Å². The van der Waals surface area contributed by atoms with Gasteiger partial charge in [0.25, 0.3) is 0 Å². The summed E-state index contributed by atoms with van der Waals surface area (Å²) in [6.07, 6.45) is 1.05. The maximum atomic E-state index is 5.57. The fourth-order valence-electron chi connectivity index (χ4n) is 1.61. The minimum Gasteiger partial charge on any atom is -0.465 e. The summed E-state index contributed by atoms with van der Waals surface area (Å²) in [5.41, 5.74) is 0. The number of furan rings is 1. The molecule has 0 spiro atoms. The largest absolute Gasteiger partial charge is 0.465 e. The van der Waals surface area contributed by atoms with Crippen LogP contribution in [0.25, 0.3) is 0 Å². The van der Waals surface area contributed by atoms with Gasteiger partial charge >= 0.3 is 0 Å². The standard InChI is InChI=1S/C12H21NO2/c1-5-11(8-14-4)13-10(3)12-7-6-9(2)15-12/h6-7,10-11,13H,5,8H2,1-4H3. The van der Waals surface area contributed by atoms with Gasteiger partial charge in [0.05, 0.1) is 12.6 Å². The Bertz CT molecular complexity index is 283. The first-order chi connectivity index (χ1) is 7.17. The molecule has 3 heteroatoms. The SMILES string of the molecule is CCC(COC)NC(C)c1ccc(C)o1. The lowest BCUT2D eigenvalue weighted by Crippen LogP contribution is -2.34. The van der Waals surface area contributed by atoms with E-state index in [2.05, 4.69) is 19.2 Å². The molecule has 1 aromatic heterocycles. The molecule has 2 atom stereocenters. The van der Waals surface area contributed by atoms with Gasteiger partial charge in [0, 0.05) is 13.2 Å². The van der Waals surface area contributed by atoms with Gasteiger partial charge in [-0.2, -0.15) is 0 Å². The molecule has 15 heavy (non-hydrogen) atoms. The van der Waals surface area contributed by atoms with E-state index in [0.29, 0.717) is 6.04 Å². The van der Waals surface area contributed by atoms with Crippen molar-refractivity contribution < 1.29 is 9.15 Å². The van der Waals surface area contributed by atoms with Crippen molar-refractivity contribution in [3.63, 3.8) is 0 Å². The first-order valence-electron chi connectivity index (χ1n) is 5.48. The van der Waals surface area contributed by atoms with E-state index in [-0.39, 0.29) is 6.04 Å². The van der Waals surface area contributed by atoms with Crippen molar-refractivity contribution in [2.24, 2.45) is 0 Å². The third-order valence-corrected chi connectivity index (χ3v) is 2.53.